The van der Waals surface area contributed by atoms with Crippen LogP contribution in [-0.4, -0.2) is 383 Å². The van der Waals surface area contributed by atoms with Crippen LogP contribution in [0.5, 0.6) is 0 Å². The van der Waals surface area contributed by atoms with E-state index in [1.54, 1.807) is 20.8 Å². The molecular formula is CH4B56O. The molecule has 58 heavy (non-hydrogen) atoms. The normalized spacial score (nSPS) is 7.72. The van der Waals surface area contributed by atoms with E-state index in [1.165, 1.54) is 0 Å². The molecule has 0 aliphatic heterocycles. The van der Waals surface area contributed by atoms with Crippen molar-refractivity contribution in [2.45, 2.75) is 0 Å². The summed E-state index contributed by atoms with van der Waals surface area (Å²) in [7, 11) is 6.88. The second-order valence-electron chi connectivity index (χ2n) is 10.8. The Hall–Kier alpha value is 3.44. The third kappa shape index (κ3) is 59.4. The zero-order chi connectivity index (χ0) is 41.6. The van der Waals surface area contributed by atoms with E-state index < -0.39 is 0 Å². The molecule has 57 heteroatoms. The zero-order valence-electron chi connectivity index (χ0n) is 33.9. The molecule has 0 rings (SSSR count). The van der Waals surface area contributed by atoms with Gasteiger partial charge < -0.3 is 0 Å². The van der Waals surface area contributed by atoms with Crippen molar-refractivity contribution in [3.8, 4) is 0 Å². The summed E-state index contributed by atoms with van der Waals surface area (Å²) in [6.45, 7) is 107. The fourth-order valence-electron chi connectivity index (χ4n) is 3.47. The summed E-state index contributed by atoms with van der Waals surface area (Å²) >= 11 is 0. The first-order valence-corrected chi connectivity index (χ1v) is 19.1. The van der Waals surface area contributed by atoms with Crippen LogP contribution in [0.1, 0.15) is 0 Å². The van der Waals surface area contributed by atoms with Crippen LogP contribution in [-0.2, 0) is 4.65 Å². The van der Waals surface area contributed by atoms with Crippen LogP contribution in [0.4, 0.5) is 0 Å². The third-order valence-corrected chi connectivity index (χ3v) is 6.13. The Bertz CT molecular complexity index is 1880. The van der Waals surface area contributed by atoms with Gasteiger partial charge in [0.1, 0.15) is 0 Å². The van der Waals surface area contributed by atoms with Gasteiger partial charge in [-0.1, -0.05) is 0 Å². The molecular weight excluding hydrogens is 633 g/mol. The van der Waals surface area contributed by atoms with Crippen molar-refractivity contribution < 1.29 is 4.65 Å². The molecule has 0 spiro atoms. The van der Waals surface area contributed by atoms with E-state index in [-0.39, 0.29) is 0 Å². The van der Waals surface area contributed by atoms with Gasteiger partial charge in [0.2, 0.25) is 0 Å². The molecule has 0 saturated carbocycles. The summed E-state index contributed by atoms with van der Waals surface area (Å²) in [4.78, 5) is 0. The van der Waals surface area contributed by atoms with Crippen molar-refractivity contribution in [3.63, 3.8) is 0 Å². The summed E-state index contributed by atoms with van der Waals surface area (Å²) in [6.07, 6.45) is 0. The van der Waals surface area contributed by atoms with Crippen LogP contribution < -0.4 is 0 Å². The number of hydrogen-bond donors (Lipinski definition) is 0. The number of rotatable bonds is 28. The molecule has 0 atom stereocenters. The van der Waals surface area contributed by atoms with Gasteiger partial charge in [-0.05, 0) is 0 Å². The van der Waals surface area contributed by atoms with E-state index in [2.05, 4.69) is 7.37 Å². The van der Waals surface area contributed by atoms with Crippen molar-refractivity contribution in [2.75, 3.05) is 7.11 Å². The third-order valence-electron chi connectivity index (χ3n) is 6.13. The van der Waals surface area contributed by atoms with E-state index in [9.17, 15) is 0 Å². The molecule has 0 bridgehead atoms. The minimum atomic E-state index is 1.62. The molecule has 0 saturated heterocycles. The summed E-state index contributed by atoms with van der Waals surface area (Å²) in [6, 6.07) is 0. The van der Waals surface area contributed by atoms with Crippen molar-refractivity contribution in [1.29, 1.82) is 0 Å². The Kier molecular flexibility index (Phi) is 64.0. The van der Waals surface area contributed by atoms with Crippen LogP contribution in [0.15, 0.2) is 0 Å². The van der Waals surface area contributed by atoms with Gasteiger partial charge in [-0.15, -0.1) is 0 Å². The van der Waals surface area contributed by atoms with Crippen LogP contribution in [0.2, 0.25) is 0 Å². The first-order valence-electron chi connectivity index (χ1n) is 19.1. The van der Waals surface area contributed by atoms with Gasteiger partial charge >= 0.3 is 388 Å². The van der Waals surface area contributed by atoms with E-state index >= 15 is 0 Å². The zero-order valence-corrected chi connectivity index (χ0v) is 33.9. The Morgan fingerprint density at radius 3 is 0.379 bits per heavy atom. The monoisotopic (exact) mass is 649 g/mol. The maximum atomic E-state index is 4.82. The second-order valence-corrected chi connectivity index (χ2v) is 10.8. The molecule has 0 aromatic rings. The summed E-state index contributed by atoms with van der Waals surface area (Å²) in [5, 5.41) is 0. The van der Waals surface area contributed by atoms with Gasteiger partial charge in [0.05, 0.1) is 0 Å². The summed E-state index contributed by atoms with van der Waals surface area (Å²) in [5.41, 5.74) is 0. The molecule has 0 unspecified atom stereocenters. The van der Waals surface area contributed by atoms with E-state index in [0.29, 0.717) is 0 Å². The topological polar surface area (TPSA) is 9.23 Å². The van der Waals surface area contributed by atoms with Crippen LogP contribution in [0.3, 0.4) is 0 Å². The molecule has 0 aromatic heterocycles. The Balaban J connectivity index is 4.07. The van der Waals surface area contributed by atoms with Gasteiger partial charge in [0, 0.05) is 0 Å². The molecule has 0 amide bonds. The first kappa shape index (κ1) is 61.4. The van der Waals surface area contributed by atoms with Gasteiger partial charge in [-0.25, -0.2) is 0 Å². The average molecular weight is 638 g/mol. The van der Waals surface area contributed by atoms with Crippen LogP contribution in [0.25, 0.3) is 0 Å². The molecule has 0 radical (unpaired) electrons. The summed E-state index contributed by atoms with van der Waals surface area (Å²) in [5.74, 6) is 0. The van der Waals surface area contributed by atoms with E-state index in [1.807, 2.05) is 355 Å². The second kappa shape index (κ2) is 60.4. The molecule has 182 valence electrons. The predicted octanol–water partition coefficient (Wildman–Crippen LogP) is -21.5. The SMILES string of the molecule is B=BB=BB=BB=BB=BB=BB=BB=BB=BB=BB=BB=BB=BB=BB=BB=BB=BB=BB=BB=BB=BB=BB=BB=BB=BB=BB=BB=BOC. The van der Waals surface area contributed by atoms with E-state index in [0.717, 1.165) is 0 Å². The van der Waals surface area contributed by atoms with Gasteiger partial charge in [0.15, 0.2) is 0 Å². The summed E-state index contributed by atoms with van der Waals surface area (Å²) < 4.78 is 4.82. The van der Waals surface area contributed by atoms with Crippen molar-refractivity contribution >= 4 is 376 Å². The van der Waals surface area contributed by atoms with Crippen molar-refractivity contribution in [2.24, 2.45) is 0 Å². The van der Waals surface area contributed by atoms with Crippen molar-refractivity contribution in [3.05, 3.63) is 0 Å². The quantitative estimate of drug-likeness (QED) is 0.0776. The maximum absolute atomic E-state index is 4.82. The molecule has 0 aromatic carbocycles. The van der Waals surface area contributed by atoms with Crippen LogP contribution >= 0.6 is 0 Å². The minimum absolute atomic E-state index is 1.62. The Labute approximate surface area is 384 Å². The molecule has 0 N–H and O–H groups in total. The van der Waals surface area contributed by atoms with Crippen molar-refractivity contribution in [1.82, 2.24) is 0 Å². The van der Waals surface area contributed by atoms with Gasteiger partial charge in [-0.3, -0.25) is 0 Å². The van der Waals surface area contributed by atoms with Crippen LogP contribution in [0, 0.1) is 0 Å². The fourth-order valence-corrected chi connectivity index (χ4v) is 3.47. The molecule has 0 aliphatic rings. The predicted molar refractivity (Wildman–Crippen MR) is 331 cm³/mol. The first-order chi connectivity index (χ1) is 28.9. The number of hydrogen-bond acceptors (Lipinski definition) is 1. The average Bonchev–Trinajstić information content (AvgIpc) is 3.23. The molecule has 1 nitrogen and oxygen atoms in total. The molecule has 0 aliphatic carbocycles. The van der Waals surface area contributed by atoms with E-state index in [4.69, 9.17) is 4.65 Å². The molecule has 0 heterocycles. The Morgan fingerprint density at radius 2 is 0.276 bits per heavy atom. The van der Waals surface area contributed by atoms with Gasteiger partial charge in [0.25, 0.3) is 0 Å². The molecule has 0 fully saturated rings. The van der Waals surface area contributed by atoms with Gasteiger partial charge in [-0.2, -0.15) is 0 Å². The standard InChI is InChI=1S/CH4B56O/c1-58-57-56-55-54-53-52-51-50-49-48-47-46-45-44-43-42-41-40-39-38-37-36-35-34-33-32-31-30-29-28-27-26-25-24-23-22-21-20-19-18-17-16-15-14-13-12-11-10-9-8-7-6-5-4-3-2/h2H,1H3. The fraction of sp³-hybridized carbons (Fsp3) is 1.00. The Morgan fingerprint density at radius 1 is 0.172 bits per heavy atom.